The number of hydrogen-bond acceptors (Lipinski definition) is 3. The number of carbonyl (C=O) groups is 1. The van der Waals surface area contributed by atoms with Crippen LogP contribution in [0, 0.1) is 0 Å². The van der Waals surface area contributed by atoms with Gasteiger partial charge in [-0.3, -0.25) is 14.2 Å². The molecule has 2 aromatic rings. The normalized spacial score (nSPS) is 15.4. The summed E-state index contributed by atoms with van der Waals surface area (Å²) in [7, 11) is 1.61. The van der Waals surface area contributed by atoms with Gasteiger partial charge in [0.25, 0.3) is 11.5 Å². The van der Waals surface area contributed by atoms with E-state index >= 15 is 0 Å². The summed E-state index contributed by atoms with van der Waals surface area (Å²) in [6.45, 7) is 1.47. The molecule has 0 spiro atoms. The van der Waals surface area contributed by atoms with Crippen LogP contribution in [0.3, 0.4) is 0 Å². The largest absolute Gasteiger partial charge is 0.497 e. The van der Waals surface area contributed by atoms with E-state index in [0.29, 0.717) is 5.70 Å². The summed E-state index contributed by atoms with van der Waals surface area (Å²) < 4.78 is 6.61. The molecule has 1 aliphatic rings. The maximum Gasteiger partial charge on any atom is 0.270 e. The molecule has 1 amide bonds. The molecule has 0 saturated carbocycles. The smallest absolute Gasteiger partial charge is 0.270 e. The van der Waals surface area contributed by atoms with E-state index in [1.54, 1.807) is 31.5 Å². The van der Waals surface area contributed by atoms with Crippen molar-refractivity contribution in [3.05, 3.63) is 64.6 Å². The Morgan fingerprint density at radius 1 is 1.00 bits per heavy atom. The quantitative estimate of drug-likeness (QED) is 0.794. The maximum absolute atomic E-state index is 13.2. The molecular weight excluding hydrogens is 328 g/mol. The van der Waals surface area contributed by atoms with Crippen LogP contribution in [0.4, 0.5) is 0 Å². The minimum atomic E-state index is -0.213. The van der Waals surface area contributed by atoms with Crippen LogP contribution in [0.25, 0.3) is 11.8 Å². The van der Waals surface area contributed by atoms with Crippen molar-refractivity contribution in [2.75, 3.05) is 20.2 Å². The maximum atomic E-state index is 13.2. The highest BCUT2D eigenvalue weighted by atomic mass is 16.5. The molecular formula is C21H24N2O3. The molecule has 0 bridgehead atoms. The van der Waals surface area contributed by atoms with Crippen LogP contribution in [0.2, 0.25) is 0 Å². The first-order valence-electron chi connectivity index (χ1n) is 9.02. The molecule has 0 unspecified atom stereocenters. The van der Waals surface area contributed by atoms with E-state index in [4.69, 9.17) is 4.74 Å². The number of nitrogens with zero attached hydrogens (tertiary/aromatic N) is 2. The lowest BCUT2D eigenvalue weighted by molar-refractivity contribution is -0.125. The van der Waals surface area contributed by atoms with E-state index in [1.165, 1.54) is 10.6 Å². The van der Waals surface area contributed by atoms with Crippen LogP contribution in [-0.4, -0.2) is 35.6 Å². The van der Waals surface area contributed by atoms with Crippen LogP contribution >= 0.6 is 0 Å². The highest BCUT2D eigenvalue weighted by molar-refractivity contribution is 6.18. The molecule has 5 nitrogen and oxygen atoms in total. The number of aromatic nitrogens is 1. The fourth-order valence-electron chi connectivity index (χ4n) is 3.15. The van der Waals surface area contributed by atoms with Gasteiger partial charge in [-0.25, -0.2) is 0 Å². The van der Waals surface area contributed by atoms with Gasteiger partial charge in [0.15, 0.2) is 0 Å². The van der Waals surface area contributed by atoms with Crippen molar-refractivity contribution < 1.29 is 9.53 Å². The molecule has 1 aromatic carbocycles. The molecule has 1 aromatic heterocycles. The van der Waals surface area contributed by atoms with Gasteiger partial charge in [-0.15, -0.1) is 0 Å². The van der Waals surface area contributed by atoms with Crippen molar-refractivity contribution in [3.8, 4) is 5.75 Å². The van der Waals surface area contributed by atoms with Crippen molar-refractivity contribution in [2.24, 2.45) is 0 Å². The Morgan fingerprint density at radius 2 is 1.69 bits per heavy atom. The third-order valence-electron chi connectivity index (χ3n) is 4.61. The summed E-state index contributed by atoms with van der Waals surface area (Å²) in [6.07, 6.45) is 7.72. The minimum absolute atomic E-state index is 0.101. The molecule has 0 atom stereocenters. The predicted octanol–water partition coefficient (Wildman–Crippen LogP) is 3.26. The van der Waals surface area contributed by atoms with Crippen molar-refractivity contribution in [3.63, 3.8) is 0 Å². The van der Waals surface area contributed by atoms with Gasteiger partial charge in [-0.1, -0.05) is 31.0 Å². The predicted molar refractivity (Wildman–Crippen MR) is 103 cm³/mol. The number of carbonyl (C=O) groups excluding carboxylic acids is 1. The summed E-state index contributed by atoms with van der Waals surface area (Å²) in [5.41, 5.74) is 1.01. The van der Waals surface area contributed by atoms with Crippen molar-refractivity contribution >= 4 is 17.7 Å². The number of ether oxygens (including phenoxy) is 1. The molecule has 136 valence electrons. The highest BCUT2D eigenvalue weighted by Gasteiger charge is 2.21. The van der Waals surface area contributed by atoms with Gasteiger partial charge in [0.2, 0.25) is 0 Å². The van der Waals surface area contributed by atoms with Crippen molar-refractivity contribution in [1.29, 1.82) is 0 Å². The number of likely N-dealkylation sites (tertiary alicyclic amines) is 1. The van der Waals surface area contributed by atoms with E-state index in [-0.39, 0.29) is 11.5 Å². The Kier molecular flexibility index (Phi) is 5.89. The number of benzene rings is 1. The minimum Gasteiger partial charge on any atom is -0.497 e. The fraction of sp³-hybridized carbons (Fsp3) is 0.333. The standard InChI is InChI=1S/C21H24N2O3/c1-26-18-11-9-17(10-12-18)16-19(23-15-7-4-8-20(23)24)21(25)22-13-5-2-3-6-14-22/h4,7-12,15-16H,2-3,5-6,13-14H2,1H3/b19-16+. The first-order chi connectivity index (χ1) is 12.7. The zero-order valence-corrected chi connectivity index (χ0v) is 15.1. The first-order valence-corrected chi connectivity index (χ1v) is 9.02. The lowest BCUT2D eigenvalue weighted by atomic mass is 10.1. The SMILES string of the molecule is COc1ccc(/C=C(\C(=O)N2CCCCCC2)n2ccccc2=O)cc1. The number of amides is 1. The molecule has 3 rings (SSSR count). The van der Waals surface area contributed by atoms with Crippen molar-refractivity contribution in [1.82, 2.24) is 9.47 Å². The van der Waals surface area contributed by atoms with Gasteiger partial charge < -0.3 is 9.64 Å². The molecule has 5 heteroatoms. The fourth-order valence-corrected chi connectivity index (χ4v) is 3.15. The molecule has 1 aliphatic heterocycles. The van der Waals surface area contributed by atoms with Gasteiger partial charge in [-0.05, 0) is 42.7 Å². The van der Waals surface area contributed by atoms with Crippen LogP contribution in [0.1, 0.15) is 31.2 Å². The Bertz CT molecular complexity index is 829. The summed E-state index contributed by atoms with van der Waals surface area (Å²) in [4.78, 5) is 27.4. The Balaban J connectivity index is 2.00. The van der Waals surface area contributed by atoms with E-state index in [0.717, 1.165) is 50.1 Å². The monoisotopic (exact) mass is 352 g/mol. The Morgan fingerprint density at radius 3 is 2.31 bits per heavy atom. The average molecular weight is 352 g/mol. The summed E-state index contributed by atoms with van der Waals surface area (Å²) in [5.74, 6) is 0.649. The van der Waals surface area contributed by atoms with E-state index in [2.05, 4.69) is 0 Å². The van der Waals surface area contributed by atoms with Crippen LogP contribution in [0.15, 0.2) is 53.5 Å². The van der Waals surface area contributed by atoms with Crippen molar-refractivity contribution in [2.45, 2.75) is 25.7 Å². The number of hydrogen-bond donors (Lipinski definition) is 0. The lowest BCUT2D eigenvalue weighted by Gasteiger charge is -2.22. The topological polar surface area (TPSA) is 51.5 Å². The third-order valence-corrected chi connectivity index (χ3v) is 4.61. The van der Waals surface area contributed by atoms with Gasteiger partial charge in [0.1, 0.15) is 11.4 Å². The zero-order chi connectivity index (χ0) is 18.4. The van der Waals surface area contributed by atoms with Gasteiger partial charge in [0.05, 0.1) is 7.11 Å². The van der Waals surface area contributed by atoms with E-state index < -0.39 is 0 Å². The molecule has 2 heterocycles. The average Bonchev–Trinajstić information content (AvgIpc) is 2.96. The van der Waals surface area contributed by atoms with Gasteiger partial charge in [0, 0.05) is 25.4 Å². The van der Waals surface area contributed by atoms with E-state index in [1.807, 2.05) is 29.2 Å². The summed E-state index contributed by atoms with van der Waals surface area (Å²) >= 11 is 0. The lowest BCUT2D eigenvalue weighted by Crippen LogP contribution is -2.36. The molecule has 0 aliphatic carbocycles. The number of rotatable bonds is 4. The second-order valence-corrected chi connectivity index (χ2v) is 6.42. The first kappa shape index (κ1) is 18.0. The van der Waals surface area contributed by atoms with Crippen LogP contribution in [-0.2, 0) is 4.79 Å². The van der Waals surface area contributed by atoms with Gasteiger partial charge in [-0.2, -0.15) is 0 Å². The number of pyridine rings is 1. The highest BCUT2D eigenvalue weighted by Crippen LogP contribution is 2.19. The van der Waals surface area contributed by atoms with Gasteiger partial charge >= 0.3 is 0 Å². The second-order valence-electron chi connectivity index (χ2n) is 6.42. The summed E-state index contributed by atoms with van der Waals surface area (Å²) in [6, 6.07) is 12.4. The molecule has 1 saturated heterocycles. The molecule has 1 fully saturated rings. The Labute approximate surface area is 153 Å². The Hall–Kier alpha value is -2.82. The molecule has 26 heavy (non-hydrogen) atoms. The summed E-state index contributed by atoms with van der Waals surface area (Å²) in [5, 5.41) is 0. The van der Waals surface area contributed by atoms with Crippen LogP contribution in [0.5, 0.6) is 5.75 Å². The molecule has 0 radical (unpaired) electrons. The van der Waals surface area contributed by atoms with Crippen LogP contribution < -0.4 is 10.3 Å². The second kappa shape index (κ2) is 8.52. The molecule has 0 N–H and O–H groups in total. The third kappa shape index (κ3) is 4.23. The zero-order valence-electron chi connectivity index (χ0n) is 15.1. The number of methoxy groups -OCH3 is 1. The van der Waals surface area contributed by atoms with E-state index in [9.17, 15) is 9.59 Å².